The number of aryl methyl sites for hydroxylation is 1. The summed E-state index contributed by atoms with van der Waals surface area (Å²) in [5.41, 5.74) is 0.551. The molecule has 0 aliphatic rings. The summed E-state index contributed by atoms with van der Waals surface area (Å²) in [6, 6.07) is 3.51. The summed E-state index contributed by atoms with van der Waals surface area (Å²) in [5, 5.41) is 6.74. The van der Waals surface area contributed by atoms with Gasteiger partial charge in [-0.3, -0.25) is 4.79 Å². The van der Waals surface area contributed by atoms with Crippen LogP contribution in [-0.4, -0.2) is 22.9 Å². The lowest BCUT2D eigenvalue weighted by Crippen LogP contribution is -2.22. The Morgan fingerprint density at radius 2 is 2.17 bits per heavy atom. The van der Waals surface area contributed by atoms with Crippen molar-refractivity contribution >= 4 is 23.1 Å². The maximum absolute atomic E-state index is 11.8. The number of anilines is 1. The highest BCUT2D eigenvalue weighted by Gasteiger charge is 2.06. The van der Waals surface area contributed by atoms with Crippen LogP contribution in [0, 0.1) is 6.92 Å². The van der Waals surface area contributed by atoms with E-state index >= 15 is 0 Å². The maximum atomic E-state index is 11.8. The van der Waals surface area contributed by atoms with Crippen molar-refractivity contribution < 1.29 is 4.79 Å². The summed E-state index contributed by atoms with van der Waals surface area (Å²) in [4.78, 5) is 21.1. The number of nitrogens with zero attached hydrogens (tertiary/aromatic N) is 2. The van der Waals surface area contributed by atoms with Crippen molar-refractivity contribution in [2.45, 2.75) is 13.5 Å². The van der Waals surface area contributed by atoms with E-state index in [1.54, 1.807) is 42.9 Å². The molecule has 0 spiro atoms. The van der Waals surface area contributed by atoms with Gasteiger partial charge in [0.2, 0.25) is 0 Å². The first kappa shape index (κ1) is 12.5. The number of hydrogen-bond donors (Lipinski definition) is 2. The Balaban J connectivity index is 1.94. The predicted molar refractivity (Wildman–Crippen MR) is 71.8 cm³/mol. The Bertz CT molecular complexity index is 535. The first-order valence-corrected chi connectivity index (χ1v) is 6.34. The molecule has 2 rings (SSSR count). The van der Waals surface area contributed by atoms with Crippen LogP contribution < -0.4 is 10.6 Å². The van der Waals surface area contributed by atoms with Crippen LogP contribution in [0.1, 0.15) is 20.2 Å². The van der Waals surface area contributed by atoms with Crippen LogP contribution in [0.25, 0.3) is 0 Å². The van der Waals surface area contributed by atoms with Crippen LogP contribution in [0.5, 0.6) is 0 Å². The number of nitrogens with one attached hydrogen (secondary N) is 2. The number of carbonyl (C=O) groups is 1. The fraction of sp³-hybridized carbons (Fsp3) is 0.250. The molecule has 0 saturated heterocycles. The molecular weight excluding hydrogens is 248 g/mol. The molecule has 6 heteroatoms. The van der Waals surface area contributed by atoms with Gasteiger partial charge in [0.25, 0.3) is 5.91 Å². The summed E-state index contributed by atoms with van der Waals surface area (Å²) in [7, 11) is 1.79. The molecule has 0 bridgehead atoms. The molecule has 0 unspecified atom stereocenters. The number of carbonyl (C=O) groups excluding carboxylic acids is 1. The van der Waals surface area contributed by atoms with Crippen molar-refractivity contribution in [2.75, 3.05) is 12.4 Å². The molecule has 0 saturated carbocycles. The molecule has 0 aliphatic heterocycles. The Labute approximate surface area is 109 Å². The molecule has 2 heterocycles. The van der Waals surface area contributed by atoms with Crippen LogP contribution >= 0.6 is 11.3 Å². The Kier molecular flexibility index (Phi) is 3.88. The van der Waals surface area contributed by atoms with E-state index in [-0.39, 0.29) is 5.91 Å². The lowest BCUT2D eigenvalue weighted by molar-refractivity contribution is 0.0951. The molecule has 0 aliphatic carbocycles. The summed E-state index contributed by atoms with van der Waals surface area (Å²) in [6.45, 7) is 2.44. The first-order valence-electron chi connectivity index (χ1n) is 5.52. The van der Waals surface area contributed by atoms with E-state index < -0.39 is 0 Å². The zero-order valence-electron chi connectivity index (χ0n) is 10.2. The highest BCUT2D eigenvalue weighted by atomic mass is 32.1. The monoisotopic (exact) mass is 262 g/mol. The minimum Gasteiger partial charge on any atom is -0.373 e. The quantitative estimate of drug-likeness (QED) is 0.882. The summed E-state index contributed by atoms with van der Waals surface area (Å²) < 4.78 is 0. The van der Waals surface area contributed by atoms with E-state index in [0.29, 0.717) is 12.1 Å². The second kappa shape index (κ2) is 5.59. The molecule has 2 aromatic rings. The third-order valence-electron chi connectivity index (χ3n) is 2.37. The summed E-state index contributed by atoms with van der Waals surface area (Å²) in [5.74, 6) is 0.612. The molecular formula is C12H14N4OS. The molecule has 0 atom stereocenters. The molecule has 0 aromatic carbocycles. The lowest BCUT2D eigenvalue weighted by atomic mass is 10.2. The van der Waals surface area contributed by atoms with Crippen molar-refractivity contribution in [3.05, 3.63) is 40.0 Å². The number of thiazole rings is 1. The smallest absolute Gasteiger partial charge is 0.253 e. The second-order valence-electron chi connectivity index (χ2n) is 3.71. The minimum absolute atomic E-state index is 0.129. The van der Waals surface area contributed by atoms with E-state index in [0.717, 1.165) is 15.7 Å². The van der Waals surface area contributed by atoms with Crippen molar-refractivity contribution in [3.8, 4) is 0 Å². The zero-order valence-corrected chi connectivity index (χ0v) is 11.0. The van der Waals surface area contributed by atoms with Gasteiger partial charge in [-0.05, 0) is 19.1 Å². The molecule has 18 heavy (non-hydrogen) atoms. The van der Waals surface area contributed by atoms with Crippen LogP contribution in [0.3, 0.4) is 0 Å². The number of pyridine rings is 1. The number of rotatable bonds is 4. The molecule has 0 fully saturated rings. The molecule has 2 N–H and O–H groups in total. The van der Waals surface area contributed by atoms with Gasteiger partial charge in [0.1, 0.15) is 5.82 Å². The van der Waals surface area contributed by atoms with E-state index in [4.69, 9.17) is 0 Å². The Hall–Kier alpha value is -1.95. The molecule has 5 nitrogen and oxygen atoms in total. The molecule has 2 aromatic heterocycles. The van der Waals surface area contributed by atoms with Crippen LogP contribution in [0.2, 0.25) is 0 Å². The SMILES string of the molecule is CNc1ccc(C(=O)NCc2cnc(C)s2)cn1. The highest BCUT2D eigenvalue weighted by molar-refractivity contribution is 7.11. The number of hydrogen-bond acceptors (Lipinski definition) is 5. The third-order valence-corrected chi connectivity index (χ3v) is 3.29. The minimum atomic E-state index is -0.129. The first-order chi connectivity index (χ1) is 8.69. The largest absolute Gasteiger partial charge is 0.373 e. The molecule has 1 amide bonds. The van der Waals surface area contributed by atoms with Gasteiger partial charge in [0.15, 0.2) is 0 Å². The van der Waals surface area contributed by atoms with Crippen molar-refractivity contribution in [2.24, 2.45) is 0 Å². The van der Waals surface area contributed by atoms with E-state index in [1.165, 1.54) is 0 Å². The van der Waals surface area contributed by atoms with Crippen molar-refractivity contribution in [1.29, 1.82) is 0 Å². The Morgan fingerprint density at radius 3 is 2.72 bits per heavy atom. The van der Waals surface area contributed by atoms with Gasteiger partial charge in [-0.1, -0.05) is 0 Å². The molecule has 0 radical (unpaired) electrons. The summed E-state index contributed by atoms with van der Waals surface area (Å²) >= 11 is 1.58. The van der Waals surface area contributed by atoms with Crippen LogP contribution in [0.15, 0.2) is 24.5 Å². The zero-order chi connectivity index (χ0) is 13.0. The number of amides is 1. The summed E-state index contributed by atoms with van der Waals surface area (Å²) in [6.07, 6.45) is 3.34. The van der Waals surface area contributed by atoms with Gasteiger partial charge in [-0.2, -0.15) is 0 Å². The molecule has 94 valence electrons. The normalized spacial score (nSPS) is 10.1. The fourth-order valence-electron chi connectivity index (χ4n) is 1.43. The topological polar surface area (TPSA) is 66.9 Å². The van der Waals surface area contributed by atoms with Crippen molar-refractivity contribution in [3.63, 3.8) is 0 Å². The van der Waals surface area contributed by atoms with E-state index in [1.807, 2.05) is 6.92 Å². The highest BCUT2D eigenvalue weighted by Crippen LogP contribution is 2.11. The third kappa shape index (κ3) is 3.04. The predicted octanol–water partition coefficient (Wildman–Crippen LogP) is 1.82. The van der Waals surface area contributed by atoms with Crippen LogP contribution in [-0.2, 0) is 6.54 Å². The fourth-order valence-corrected chi connectivity index (χ4v) is 2.17. The van der Waals surface area contributed by atoms with Gasteiger partial charge in [-0.25, -0.2) is 9.97 Å². The van der Waals surface area contributed by atoms with Gasteiger partial charge in [0.05, 0.1) is 17.1 Å². The van der Waals surface area contributed by atoms with Gasteiger partial charge in [-0.15, -0.1) is 11.3 Å². The van der Waals surface area contributed by atoms with Gasteiger partial charge in [0, 0.05) is 24.3 Å². The average molecular weight is 262 g/mol. The second-order valence-corrected chi connectivity index (χ2v) is 5.03. The Morgan fingerprint density at radius 1 is 1.33 bits per heavy atom. The standard InChI is InChI=1S/C12H14N4OS/c1-8-14-6-10(18-8)7-16-12(17)9-3-4-11(13-2)15-5-9/h3-6H,7H2,1-2H3,(H,13,15)(H,16,17). The van der Waals surface area contributed by atoms with E-state index in [2.05, 4.69) is 20.6 Å². The van der Waals surface area contributed by atoms with Gasteiger partial charge >= 0.3 is 0 Å². The van der Waals surface area contributed by atoms with Gasteiger partial charge < -0.3 is 10.6 Å². The lowest BCUT2D eigenvalue weighted by Gasteiger charge is -2.04. The average Bonchev–Trinajstić information content (AvgIpc) is 2.82. The maximum Gasteiger partial charge on any atom is 0.253 e. The van der Waals surface area contributed by atoms with E-state index in [9.17, 15) is 4.79 Å². The number of aromatic nitrogens is 2. The van der Waals surface area contributed by atoms with Crippen LogP contribution in [0.4, 0.5) is 5.82 Å². The van der Waals surface area contributed by atoms with Crippen molar-refractivity contribution in [1.82, 2.24) is 15.3 Å².